The first kappa shape index (κ1) is 9.54. The van der Waals surface area contributed by atoms with Crippen LogP contribution in [0.1, 0.15) is 39.5 Å². The van der Waals surface area contributed by atoms with E-state index in [1.165, 1.54) is 19.3 Å². The second-order valence-corrected chi connectivity index (χ2v) is 2.87. The Balaban J connectivity index is 3.16. The molecule has 0 saturated carbocycles. The highest BCUT2D eigenvalue weighted by Gasteiger charge is 1.96. The highest BCUT2D eigenvalue weighted by molar-refractivity contribution is 4.74. The summed E-state index contributed by atoms with van der Waals surface area (Å²) in [4.78, 5) is 0. The van der Waals surface area contributed by atoms with Gasteiger partial charge in [-0.15, -0.1) is 0 Å². The highest BCUT2D eigenvalue weighted by atomic mass is 16.2. The second kappa shape index (κ2) is 6.66. The van der Waals surface area contributed by atoms with Crippen LogP contribution in [0.5, 0.6) is 0 Å². The molecule has 1 nitrogen and oxygen atoms in total. The molecule has 0 aliphatic rings. The Hall–Kier alpha value is -0.460. The largest absolute Gasteiger partial charge is 0.516 e. The van der Waals surface area contributed by atoms with Crippen LogP contribution in [-0.4, -0.2) is 5.11 Å². The molecule has 60 valence electrons. The van der Waals surface area contributed by atoms with Crippen molar-refractivity contribution >= 4 is 0 Å². The molecule has 0 amide bonds. The number of hydrogen-bond donors (Lipinski definition) is 1. The van der Waals surface area contributed by atoms with Gasteiger partial charge in [-0.1, -0.05) is 33.1 Å². The average molecular weight is 142 g/mol. The molecule has 0 fully saturated rings. The van der Waals surface area contributed by atoms with Gasteiger partial charge in [0.2, 0.25) is 0 Å². The zero-order valence-electron chi connectivity index (χ0n) is 7.01. The Kier molecular flexibility index (Phi) is 6.35. The number of rotatable bonds is 5. The van der Waals surface area contributed by atoms with Crippen LogP contribution in [0.25, 0.3) is 0 Å². The van der Waals surface area contributed by atoms with Gasteiger partial charge in [0, 0.05) is 0 Å². The Bertz CT molecular complexity index is 86.7. The minimum atomic E-state index is 0.725. The fourth-order valence-corrected chi connectivity index (χ4v) is 0.964. The monoisotopic (exact) mass is 142 g/mol. The Morgan fingerprint density at radius 2 is 2.20 bits per heavy atom. The molecule has 10 heavy (non-hydrogen) atoms. The van der Waals surface area contributed by atoms with Gasteiger partial charge in [0.05, 0.1) is 6.26 Å². The molecule has 0 aromatic carbocycles. The van der Waals surface area contributed by atoms with Gasteiger partial charge in [-0.3, -0.25) is 0 Å². The first-order valence-electron chi connectivity index (χ1n) is 4.10. The first-order valence-corrected chi connectivity index (χ1v) is 4.10. The maximum Gasteiger partial charge on any atom is 0.0751 e. The van der Waals surface area contributed by atoms with Gasteiger partial charge < -0.3 is 5.11 Å². The van der Waals surface area contributed by atoms with E-state index in [0.717, 1.165) is 18.6 Å². The zero-order chi connectivity index (χ0) is 7.82. The summed E-state index contributed by atoms with van der Waals surface area (Å²) < 4.78 is 0. The molecule has 0 aromatic heterocycles. The lowest BCUT2D eigenvalue weighted by molar-refractivity contribution is 0.459. The maximum atomic E-state index is 8.36. The molecule has 1 N–H and O–H groups in total. The van der Waals surface area contributed by atoms with Crippen molar-refractivity contribution in [3.8, 4) is 0 Å². The number of hydrogen-bond acceptors (Lipinski definition) is 1. The SMILES string of the molecule is CCCC[C@@H](C)CC=CO. The molecular weight excluding hydrogens is 124 g/mol. The van der Waals surface area contributed by atoms with Crippen molar-refractivity contribution in [3.63, 3.8) is 0 Å². The lowest BCUT2D eigenvalue weighted by atomic mass is 10.0. The fraction of sp³-hybridized carbons (Fsp3) is 0.778. The topological polar surface area (TPSA) is 20.2 Å². The summed E-state index contributed by atoms with van der Waals surface area (Å²) in [6.07, 6.45) is 7.83. The molecule has 1 atom stereocenters. The van der Waals surface area contributed by atoms with Crippen LogP contribution >= 0.6 is 0 Å². The number of allylic oxidation sites excluding steroid dienone is 1. The van der Waals surface area contributed by atoms with Crippen LogP contribution in [0.4, 0.5) is 0 Å². The molecule has 0 rings (SSSR count). The van der Waals surface area contributed by atoms with Crippen LogP contribution in [0.3, 0.4) is 0 Å². The molecule has 1 heteroatoms. The smallest absolute Gasteiger partial charge is 0.0751 e. The lowest BCUT2D eigenvalue weighted by Gasteiger charge is -2.05. The summed E-state index contributed by atoms with van der Waals surface area (Å²) in [5.74, 6) is 0.725. The van der Waals surface area contributed by atoms with Crippen LogP contribution in [0, 0.1) is 5.92 Å². The summed E-state index contributed by atoms with van der Waals surface area (Å²) >= 11 is 0. The van der Waals surface area contributed by atoms with Crippen molar-refractivity contribution < 1.29 is 5.11 Å². The van der Waals surface area contributed by atoms with E-state index < -0.39 is 0 Å². The first-order chi connectivity index (χ1) is 4.81. The van der Waals surface area contributed by atoms with Crippen molar-refractivity contribution in [1.29, 1.82) is 0 Å². The Labute approximate surface area is 63.8 Å². The molecule has 0 saturated heterocycles. The molecular formula is C9H18O. The van der Waals surface area contributed by atoms with E-state index in [1.807, 2.05) is 6.08 Å². The summed E-state index contributed by atoms with van der Waals surface area (Å²) in [7, 11) is 0. The van der Waals surface area contributed by atoms with Gasteiger partial charge in [-0.25, -0.2) is 0 Å². The Morgan fingerprint density at radius 3 is 2.70 bits per heavy atom. The summed E-state index contributed by atoms with van der Waals surface area (Å²) in [5.41, 5.74) is 0. The molecule has 0 aromatic rings. The van der Waals surface area contributed by atoms with E-state index >= 15 is 0 Å². The van der Waals surface area contributed by atoms with Crippen molar-refractivity contribution in [2.45, 2.75) is 39.5 Å². The average Bonchev–Trinajstić information content (AvgIpc) is 1.97. The van der Waals surface area contributed by atoms with Gasteiger partial charge in [-0.2, -0.15) is 0 Å². The van der Waals surface area contributed by atoms with Crippen LogP contribution in [0.2, 0.25) is 0 Å². The predicted octanol–water partition coefficient (Wildman–Crippen LogP) is 3.27. The van der Waals surface area contributed by atoms with E-state index in [4.69, 9.17) is 5.11 Å². The van der Waals surface area contributed by atoms with Gasteiger partial charge >= 0.3 is 0 Å². The minimum absolute atomic E-state index is 0.725. The second-order valence-electron chi connectivity index (χ2n) is 2.87. The molecule has 0 spiro atoms. The van der Waals surface area contributed by atoms with E-state index in [9.17, 15) is 0 Å². The van der Waals surface area contributed by atoms with Crippen LogP contribution in [0.15, 0.2) is 12.3 Å². The van der Waals surface area contributed by atoms with Gasteiger partial charge in [0.15, 0.2) is 0 Å². The molecule has 0 bridgehead atoms. The standard InChI is InChI=1S/C9H18O/c1-3-4-6-9(2)7-5-8-10/h5,8-10H,3-4,6-7H2,1-2H3/t9-/m1/s1. The Morgan fingerprint density at radius 1 is 1.50 bits per heavy atom. The molecule has 0 aliphatic heterocycles. The molecule has 0 unspecified atom stereocenters. The lowest BCUT2D eigenvalue weighted by Crippen LogP contribution is -1.91. The van der Waals surface area contributed by atoms with Crippen LogP contribution in [-0.2, 0) is 0 Å². The predicted molar refractivity (Wildman–Crippen MR) is 45.1 cm³/mol. The normalized spacial score (nSPS) is 14.2. The summed E-state index contributed by atoms with van der Waals surface area (Å²) in [6.45, 7) is 4.42. The van der Waals surface area contributed by atoms with Crippen molar-refractivity contribution in [2.24, 2.45) is 5.92 Å². The third kappa shape index (κ3) is 5.67. The highest BCUT2D eigenvalue weighted by Crippen LogP contribution is 2.11. The molecule has 0 radical (unpaired) electrons. The molecule has 0 aliphatic carbocycles. The zero-order valence-corrected chi connectivity index (χ0v) is 7.01. The summed E-state index contributed by atoms with van der Waals surface area (Å²) in [5, 5.41) is 8.36. The fourth-order valence-electron chi connectivity index (χ4n) is 0.964. The maximum absolute atomic E-state index is 8.36. The third-order valence-electron chi connectivity index (χ3n) is 1.69. The van der Waals surface area contributed by atoms with E-state index in [1.54, 1.807) is 0 Å². The van der Waals surface area contributed by atoms with E-state index in [2.05, 4.69) is 13.8 Å². The van der Waals surface area contributed by atoms with Gasteiger partial charge in [0.25, 0.3) is 0 Å². The van der Waals surface area contributed by atoms with Gasteiger partial charge in [0.1, 0.15) is 0 Å². The number of unbranched alkanes of at least 4 members (excludes halogenated alkanes) is 1. The minimum Gasteiger partial charge on any atom is -0.516 e. The van der Waals surface area contributed by atoms with Crippen molar-refractivity contribution in [3.05, 3.63) is 12.3 Å². The quantitative estimate of drug-likeness (QED) is 0.584. The number of aliphatic hydroxyl groups excluding tert-OH is 1. The van der Waals surface area contributed by atoms with Crippen molar-refractivity contribution in [1.82, 2.24) is 0 Å². The van der Waals surface area contributed by atoms with E-state index in [-0.39, 0.29) is 0 Å². The molecule has 0 heterocycles. The van der Waals surface area contributed by atoms with Gasteiger partial charge in [-0.05, 0) is 18.4 Å². The summed E-state index contributed by atoms with van der Waals surface area (Å²) in [6, 6.07) is 0. The third-order valence-corrected chi connectivity index (χ3v) is 1.69. The number of aliphatic hydroxyl groups is 1. The van der Waals surface area contributed by atoms with E-state index in [0.29, 0.717) is 0 Å². The van der Waals surface area contributed by atoms with Crippen LogP contribution < -0.4 is 0 Å². The van der Waals surface area contributed by atoms with Crippen molar-refractivity contribution in [2.75, 3.05) is 0 Å².